The minimum absolute atomic E-state index is 0.0915. The molecule has 0 radical (unpaired) electrons. The van der Waals surface area contributed by atoms with Crippen LogP contribution in [-0.4, -0.2) is 33.9 Å². The molecule has 1 unspecified atom stereocenters. The fraction of sp³-hybridized carbons (Fsp3) is 0.250. The minimum Gasteiger partial charge on any atom is -0.497 e. The van der Waals surface area contributed by atoms with Crippen molar-refractivity contribution in [1.29, 1.82) is 5.26 Å². The fourth-order valence-corrected chi connectivity index (χ4v) is 3.50. The second-order valence-electron chi connectivity index (χ2n) is 6.73. The van der Waals surface area contributed by atoms with Crippen molar-refractivity contribution < 1.29 is 28.5 Å². The Morgan fingerprint density at radius 1 is 1.06 bits per heavy atom. The molecule has 1 aliphatic rings. The summed E-state index contributed by atoms with van der Waals surface area (Å²) in [6, 6.07) is 14.2. The van der Waals surface area contributed by atoms with Crippen molar-refractivity contribution in [3.63, 3.8) is 0 Å². The summed E-state index contributed by atoms with van der Waals surface area (Å²) in [5.41, 5.74) is 7.57. The molecule has 0 aliphatic carbocycles. The Kier molecular flexibility index (Phi) is 6.90. The van der Waals surface area contributed by atoms with E-state index in [1.807, 2.05) is 0 Å². The molecule has 0 aromatic heterocycles. The maximum Gasteiger partial charge on any atom is 0.338 e. The molecule has 0 bridgehead atoms. The average molecular weight is 436 g/mol. The second kappa shape index (κ2) is 9.79. The van der Waals surface area contributed by atoms with Crippen molar-refractivity contribution >= 4 is 11.7 Å². The zero-order valence-electron chi connectivity index (χ0n) is 18.3. The lowest BCUT2D eigenvalue weighted by molar-refractivity contribution is -0.138. The lowest BCUT2D eigenvalue weighted by atomic mass is 9.82. The van der Waals surface area contributed by atoms with Crippen molar-refractivity contribution in [3.8, 4) is 23.3 Å². The normalized spacial score (nSPS) is 15.5. The van der Waals surface area contributed by atoms with E-state index in [0.717, 1.165) is 0 Å². The molecular formula is C24H24N2O6. The van der Waals surface area contributed by atoms with E-state index in [2.05, 4.69) is 6.07 Å². The van der Waals surface area contributed by atoms with Gasteiger partial charge in [0.1, 0.15) is 23.2 Å². The molecule has 0 spiro atoms. The van der Waals surface area contributed by atoms with Crippen molar-refractivity contribution in [2.24, 2.45) is 5.73 Å². The number of hydrogen-bond acceptors (Lipinski definition) is 8. The maximum absolute atomic E-state index is 13.1. The first-order valence-corrected chi connectivity index (χ1v) is 9.84. The topological polar surface area (TPSA) is 113 Å². The van der Waals surface area contributed by atoms with Crippen LogP contribution >= 0.6 is 0 Å². The molecule has 166 valence electrons. The van der Waals surface area contributed by atoms with Crippen LogP contribution in [0.1, 0.15) is 24.0 Å². The van der Waals surface area contributed by atoms with E-state index in [9.17, 15) is 10.1 Å². The third kappa shape index (κ3) is 4.18. The Hall–Kier alpha value is -4.12. The van der Waals surface area contributed by atoms with Crippen LogP contribution in [0.4, 0.5) is 0 Å². The Bertz CT molecular complexity index is 1110. The average Bonchev–Trinajstić information content (AvgIpc) is 2.83. The van der Waals surface area contributed by atoms with Crippen LogP contribution in [0.2, 0.25) is 0 Å². The Balaban J connectivity index is 2.27. The first kappa shape index (κ1) is 22.6. The van der Waals surface area contributed by atoms with Gasteiger partial charge in [0.25, 0.3) is 0 Å². The lowest BCUT2D eigenvalue weighted by Crippen LogP contribution is -2.26. The lowest BCUT2D eigenvalue weighted by Gasteiger charge is -2.28. The molecule has 1 atom stereocenters. The quantitative estimate of drug-likeness (QED) is 0.656. The summed E-state index contributed by atoms with van der Waals surface area (Å²) in [6.45, 7) is 1.86. The molecule has 3 rings (SSSR count). The number of esters is 1. The van der Waals surface area contributed by atoms with Gasteiger partial charge in [0.05, 0.1) is 39.4 Å². The Labute approximate surface area is 186 Å². The first-order chi connectivity index (χ1) is 15.5. The number of nitriles is 1. The van der Waals surface area contributed by atoms with E-state index < -0.39 is 11.9 Å². The molecule has 1 aliphatic heterocycles. The summed E-state index contributed by atoms with van der Waals surface area (Å²) >= 11 is 0. The highest BCUT2D eigenvalue weighted by Gasteiger charge is 2.38. The Morgan fingerprint density at radius 2 is 1.75 bits per heavy atom. The number of allylic oxidation sites excluding steroid dienone is 1. The Morgan fingerprint density at radius 3 is 2.31 bits per heavy atom. The molecule has 1 heterocycles. The van der Waals surface area contributed by atoms with Gasteiger partial charge in [0.2, 0.25) is 5.88 Å². The third-order valence-corrected chi connectivity index (χ3v) is 5.01. The summed E-state index contributed by atoms with van der Waals surface area (Å²) < 4.78 is 27.1. The summed E-state index contributed by atoms with van der Waals surface area (Å²) in [5.74, 6) is 0.273. The number of rotatable bonds is 7. The highest BCUT2D eigenvalue weighted by atomic mass is 16.5. The van der Waals surface area contributed by atoms with Crippen LogP contribution in [-0.2, 0) is 14.3 Å². The largest absolute Gasteiger partial charge is 0.497 e. The van der Waals surface area contributed by atoms with Gasteiger partial charge in [-0.05, 0) is 48.9 Å². The summed E-state index contributed by atoms with van der Waals surface area (Å²) in [4.78, 5) is 13.1. The number of nitrogens with two attached hydrogens (primary N) is 1. The molecule has 2 aromatic carbocycles. The molecule has 0 amide bonds. The van der Waals surface area contributed by atoms with E-state index in [-0.39, 0.29) is 29.4 Å². The van der Waals surface area contributed by atoms with Crippen LogP contribution in [0, 0.1) is 11.3 Å². The molecule has 8 heteroatoms. The monoisotopic (exact) mass is 436 g/mol. The molecule has 8 nitrogen and oxygen atoms in total. The van der Waals surface area contributed by atoms with Crippen LogP contribution in [0.25, 0.3) is 5.76 Å². The van der Waals surface area contributed by atoms with Crippen LogP contribution in [0.5, 0.6) is 17.2 Å². The van der Waals surface area contributed by atoms with Gasteiger partial charge in [-0.3, -0.25) is 0 Å². The predicted octanol–water partition coefficient (Wildman–Crippen LogP) is 3.49. The van der Waals surface area contributed by atoms with E-state index >= 15 is 0 Å². The summed E-state index contributed by atoms with van der Waals surface area (Å²) in [5, 5.41) is 9.86. The van der Waals surface area contributed by atoms with E-state index in [4.69, 9.17) is 29.4 Å². The maximum atomic E-state index is 13.1. The highest BCUT2D eigenvalue weighted by molar-refractivity contribution is 6.00. The number of hydrogen-bond donors (Lipinski definition) is 1. The van der Waals surface area contributed by atoms with E-state index in [1.165, 1.54) is 14.2 Å². The van der Waals surface area contributed by atoms with Crippen LogP contribution in [0.3, 0.4) is 0 Å². The van der Waals surface area contributed by atoms with Gasteiger partial charge in [0, 0.05) is 5.56 Å². The number of nitrogens with zero attached hydrogens (tertiary/aromatic N) is 1. The number of benzene rings is 2. The highest BCUT2D eigenvalue weighted by Crippen LogP contribution is 2.44. The second-order valence-corrected chi connectivity index (χ2v) is 6.73. The van der Waals surface area contributed by atoms with Crippen molar-refractivity contribution in [1.82, 2.24) is 0 Å². The van der Waals surface area contributed by atoms with Crippen LogP contribution < -0.4 is 19.9 Å². The molecule has 0 saturated carbocycles. The molecular weight excluding hydrogens is 412 g/mol. The molecule has 0 saturated heterocycles. The zero-order valence-corrected chi connectivity index (χ0v) is 18.3. The van der Waals surface area contributed by atoms with E-state index in [1.54, 1.807) is 56.5 Å². The van der Waals surface area contributed by atoms with Gasteiger partial charge >= 0.3 is 5.97 Å². The van der Waals surface area contributed by atoms with Gasteiger partial charge in [-0.15, -0.1) is 0 Å². The standard InChI is InChI=1S/C24H24N2O6/c1-5-31-24(27)21-20(15-8-11-18(29-3)19(12-15)30-4)17(13-25)23(26)32-22(21)14-6-9-16(28-2)10-7-14/h6-12,20H,5,26H2,1-4H3. The van der Waals surface area contributed by atoms with Gasteiger partial charge in [0.15, 0.2) is 11.5 Å². The van der Waals surface area contributed by atoms with Gasteiger partial charge in [-0.2, -0.15) is 5.26 Å². The summed E-state index contributed by atoms with van der Waals surface area (Å²) in [6.07, 6.45) is 0. The van der Waals surface area contributed by atoms with Gasteiger partial charge < -0.3 is 29.4 Å². The van der Waals surface area contributed by atoms with Gasteiger partial charge in [-0.25, -0.2) is 4.79 Å². The van der Waals surface area contributed by atoms with Gasteiger partial charge in [-0.1, -0.05) is 6.07 Å². The molecule has 2 aromatic rings. The van der Waals surface area contributed by atoms with Crippen molar-refractivity contribution in [2.45, 2.75) is 12.8 Å². The number of methoxy groups -OCH3 is 3. The van der Waals surface area contributed by atoms with Crippen molar-refractivity contribution in [3.05, 3.63) is 70.6 Å². The first-order valence-electron chi connectivity index (χ1n) is 9.84. The number of carbonyl (C=O) groups excluding carboxylic acids is 1. The van der Waals surface area contributed by atoms with Crippen LogP contribution in [0.15, 0.2) is 59.5 Å². The minimum atomic E-state index is -0.829. The zero-order chi connectivity index (χ0) is 23.3. The SMILES string of the molecule is CCOC(=O)C1=C(c2ccc(OC)cc2)OC(N)=C(C#N)C1c1ccc(OC)c(OC)c1. The molecule has 0 fully saturated rings. The summed E-state index contributed by atoms with van der Waals surface area (Å²) in [7, 11) is 4.59. The third-order valence-electron chi connectivity index (χ3n) is 5.01. The predicted molar refractivity (Wildman–Crippen MR) is 117 cm³/mol. The smallest absolute Gasteiger partial charge is 0.338 e. The molecule has 32 heavy (non-hydrogen) atoms. The van der Waals surface area contributed by atoms with E-state index in [0.29, 0.717) is 28.4 Å². The van der Waals surface area contributed by atoms with Crippen molar-refractivity contribution in [2.75, 3.05) is 27.9 Å². The fourth-order valence-electron chi connectivity index (χ4n) is 3.50. The number of ether oxygens (including phenoxy) is 5. The number of carbonyl (C=O) groups is 1. The molecule has 2 N–H and O–H groups in total.